The van der Waals surface area contributed by atoms with Crippen molar-refractivity contribution in [3.8, 4) is 11.6 Å². The highest BCUT2D eigenvalue weighted by molar-refractivity contribution is 7.99. The predicted molar refractivity (Wildman–Crippen MR) is 112 cm³/mol. The molecule has 0 bridgehead atoms. The summed E-state index contributed by atoms with van der Waals surface area (Å²) in [6.07, 6.45) is 1.54. The number of halogens is 2. The predicted octanol–water partition coefficient (Wildman–Crippen LogP) is 4.15. The molecule has 0 saturated carbocycles. The second-order valence-electron chi connectivity index (χ2n) is 5.93. The molecule has 2 aromatic heterocycles. The molecule has 0 fully saturated rings. The number of nitrogens with zero attached hydrogens (tertiary/aromatic N) is 3. The van der Waals surface area contributed by atoms with Gasteiger partial charge in [-0.05, 0) is 43.3 Å². The number of thioether (sulfide) groups is 2. The van der Waals surface area contributed by atoms with E-state index < -0.39 is 24.2 Å². The summed E-state index contributed by atoms with van der Waals surface area (Å²) in [4.78, 5) is 24.3. The molecule has 0 aliphatic heterocycles. The summed E-state index contributed by atoms with van der Waals surface area (Å²) in [7, 11) is 0. The minimum absolute atomic E-state index is 0.0525. The van der Waals surface area contributed by atoms with Gasteiger partial charge >= 0.3 is 5.97 Å². The summed E-state index contributed by atoms with van der Waals surface area (Å²) in [6, 6.07) is 9.44. The van der Waals surface area contributed by atoms with Crippen molar-refractivity contribution in [1.82, 2.24) is 14.8 Å². The monoisotopic (exact) mass is 468 g/mol. The summed E-state index contributed by atoms with van der Waals surface area (Å²) < 4.78 is 36.7. The second kappa shape index (κ2) is 11.0. The number of benzene rings is 1. The number of rotatable bonds is 10. The summed E-state index contributed by atoms with van der Waals surface area (Å²) in [5.41, 5.74) is 0.413. The lowest BCUT2D eigenvalue weighted by Crippen LogP contribution is -2.21. The Morgan fingerprint density at radius 3 is 2.65 bits per heavy atom. The zero-order valence-electron chi connectivity index (χ0n) is 16.3. The van der Waals surface area contributed by atoms with Crippen LogP contribution in [0.5, 0.6) is 0 Å². The lowest BCUT2D eigenvalue weighted by atomic mass is 10.3. The Morgan fingerprint density at radius 1 is 1.23 bits per heavy atom. The molecule has 164 valence electrons. The normalized spacial score (nSPS) is 11.0. The van der Waals surface area contributed by atoms with Gasteiger partial charge in [-0.15, -0.1) is 10.2 Å². The van der Waals surface area contributed by atoms with E-state index in [1.54, 1.807) is 16.7 Å². The SMILES string of the molecule is CCn1c(SCC(=O)OCC(=O)Nc2ccc(SC(F)F)cc2)nnc1-c1ccco1. The summed E-state index contributed by atoms with van der Waals surface area (Å²) in [5.74, 6) is -2.57. The lowest BCUT2D eigenvalue weighted by molar-refractivity contribution is -0.144. The number of furan rings is 1. The van der Waals surface area contributed by atoms with E-state index >= 15 is 0 Å². The third kappa shape index (κ3) is 6.56. The summed E-state index contributed by atoms with van der Waals surface area (Å²) in [6.45, 7) is 2.03. The molecule has 0 radical (unpaired) electrons. The largest absolute Gasteiger partial charge is 0.461 e. The van der Waals surface area contributed by atoms with Crippen molar-refractivity contribution in [3.05, 3.63) is 42.7 Å². The van der Waals surface area contributed by atoms with E-state index in [9.17, 15) is 18.4 Å². The third-order valence-corrected chi connectivity index (χ3v) is 5.48. The van der Waals surface area contributed by atoms with Crippen molar-refractivity contribution in [1.29, 1.82) is 0 Å². The molecule has 0 spiro atoms. The first kappa shape index (κ1) is 22.8. The molecule has 2 heterocycles. The Labute approximate surface area is 184 Å². The smallest absolute Gasteiger partial charge is 0.316 e. The Balaban J connectivity index is 1.45. The Morgan fingerprint density at radius 2 is 2.00 bits per heavy atom. The van der Waals surface area contributed by atoms with Gasteiger partial charge in [0.2, 0.25) is 0 Å². The zero-order valence-corrected chi connectivity index (χ0v) is 17.9. The van der Waals surface area contributed by atoms with Crippen LogP contribution in [0.25, 0.3) is 11.6 Å². The van der Waals surface area contributed by atoms with Crippen molar-refractivity contribution >= 4 is 41.1 Å². The van der Waals surface area contributed by atoms with Gasteiger partial charge in [-0.1, -0.05) is 23.5 Å². The van der Waals surface area contributed by atoms with E-state index in [0.717, 1.165) is 11.8 Å². The van der Waals surface area contributed by atoms with Crippen LogP contribution in [0.2, 0.25) is 0 Å². The van der Waals surface area contributed by atoms with Crippen LogP contribution in [0.4, 0.5) is 14.5 Å². The van der Waals surface area contributed by atoms with Crippen LogP contribution in [0.1, 0.15) is 6.92 Å². The minimum Gasteiger partial charge on any atom is -0.461 e. The lowest BCUT2D eigenvalue weighted by Gasteiger charge is -2.08. The quantitative estimate of drug-likeness (QED) is 0.350. The Bertz CT molecular complexity index is 1010. The van der Waals surface area contributed by atoms with Crippen molar-refractivity contribution in [2.45, 2.75) is 29.3 Å². The van der Waals surface area contributed by atoms with Gasteiger partial charge in [-0.3, -0.25) is 14.2 Å². The highest BCUT2D eigenvalue weighted by Gasteiger charge is 2.17. The van der Waals surface area contributed by atoms with Gasteiger partial charge in [0.1, 0.15) is 0 Å². The number of anilines is 1. The first-order chi connectivity index (χ1) is 15.0. The highest BCUT2D eigenvalue weighted by atomic mass is 32.2. The second-order valence-corrected chi connectivity index (χ2v) is 7.93. The van der Waals surface area contributed by atoms with Gasteiger partial charge in [0, 0.05) is 17.1 Å². The average molecular weight is 469 g/mol. The molecule has 1 amide bonds. The van der Waals surface area contributed by atoms with Crippen molar-refractivity contribution in [3.63, 3.8) is 0 Å². The number of hydrogen-bond donors (Lipinski definition) is 1. The minimum atomic E-state index is -2.51. The maximum Gasteiger partial charge on any atom is 0.316 e. The number of esters is 1. The fourth-order valence-corrected chi connectivity index (χ4v) is 3.80. The third-order valence-electron chi connectivity index (χ3n) is 3.82. The molecule has 0 unspecified atom stereocenters. The molecule has 8 nitrogen and oxygen atoms in total. The van der Waals surface area contributed by atoms with Crippen LogP contribution in [0.15, 0.2) is 57.1 Å². The topological polar surface area (TPSA) is 99.2 Å². The van der Waals surface area contributed by atoms with Crippen molar-refractivity contribution < 1.29 is 27.5 Å². The maximum atomic E-state index is 12.3. The molecule has 3 rings (SSSR count). The number of aromatic nitrogens is 3. The highest BCUT2D eigenvalue weighted by Crippen LogP contribution is 2.26. The fourth-order valence-electron chi connectivity index (χ4n) is 2.50. The van der Waals surface area contributed by atoms with Gasteiger partial charge in [0.15, 0.2) is 23.3 Å². The Hall–Kier alpha value is -2.86. The number of carbonyl (C=O) groups is 2. The van der Waals surface area contributed by atoms with E-state index in [-0.39, 0.29) is 5.75 Å². The van der Waals surface area contributed by atoms with E-state index in [0.29, 0.717) is 45.6 Å². The molecule has 3 aromatic rings. The summed E-state index contributed by atoms with van der Waals surface area (Å²) in [5, 5.41) is 11.2. The molecule has 1 N–H and O–H groups in total. The molecule has 0 atom stereocenters. The fraction of sp³-hybridized carbons (Fsp3) is 0.263. The van der Waals surface area contributed by atoms with Crippen LogP contribution in [0, 0.1) is 0 Å². The van der Waals surface area contributed by atoms with Crippen molar-refractivity contribution in [2.75, 3.05) is 17.7 Å². The number of amides is 1. The average Bonchev–Trinajstić information content (AvgIpc) is 3.41. The Kier molecular flexibility index (Phi) is 8.06. The number of carbonyl (C=O) groups excluding carboxylic acids is 2. The van der Waals surface area contributed by atoms with E-state index in [4.69, 9.17) is 9.15 Å². The standard InChI is InChI=1S/C19H18F2N4O4S2/c1-2-25-17(14-4-3-9-28-14)23-24-19(25)30-11-16(27)29-10-15(26)22-12-5-7-13(8-6-12)31-18(20)21/h3-9,18H,2,10-11H2,1H3,(H,22,26). The molecule has 31 heavy (non-hydrogen) atoms. The van der Waals surface area contributed by atoms with Crippen LogP contribution in [0.3, 0.4) is 0 Å². The zero-order chi connectivity index (χ0) is 22.2. The molecule has 12 heteroatoms. The summed E-state index contributed by atoms with van der Waals surface area (Å²) >= 11 is 1.55. The number of alkyl halides is 2. The van der Waals surface area contributed by atoms with Gasteiger partial charge in [0.05, 0.1) is 12.0 Å². The first-order valence-corrected chi connectivity index (χ1v) is 10.9. The van der Waals surface area contributed by atoms with E-state index in [1.807, 2.05) is 6.92 Å². The molecular weight excluding hydrogens is 450 g/mol. The van der Waals surface area contributed by atoms with Crippen LogP contribution >= 0.6 is 23.5 Å². The molecule has 0 aliphatic carbocycles. The van der Waals surface area contributed by atoms with Crippen LogP contribution in [-0.4, -0.2) is 44.8 Å². The van der Waals surface area contributed by atoms with Gasteiger partial charge < -0.3 is 14.5 Å². The van der Waals surface area contributed by atoms with Gasteiger partial charge in [-0.2, -0.15) is 8.78 Å². The van der Waals surface area contributed by atoms with Crippen molar-refractivity contribution in [2.24, 2.45) is 0 Å². The van der Waals surface area contributed by atoms with Gasteiger partial charge in [-0.25, -0.2) is 0 Å². The number of nitrogens with one attached hydrogen (secondary N) is 1. The van der Waals surface area contributed by atoms with Crippen LogP contribution < -0.4 is 5.32 Å². The molecule has 1 aromatic carbocycles. The number of hydrogen-bond acceptors (Lipinski definition) is 8. The molecular formula is C19H18F2N4O4S2. The molecule has 0 aliphatic rings. The molecule has 0 saturated heterocycles. The maximum absolute atomic E-state index is 12.3. The van der Waals surface area contributed by atoms with E-state index in [1.165, 1.54) is 30.5 Å². The van der Waals surface area contributed by atoms with Gasteiger partial charge in [0.25, 0.3) is 11.7 Å². The van der Waals surface area contributed by atoms with Crippen LogP contribution in [-0.2, 0) is 20.9 Å². The van der Waals surface area contributed by atoms with E-state index in [2.05, 4.69) is 15.5 Å². The number of ether oxygens (including phenoxy) is 1. The first-order valence-electron chi connectivity index (χ1n) is 9.06.